The molecule has 1 spiro atoms. The summed E-state index contributed by atoms with van der Waals surface area (Å²) in [5.74, 6) is -2.57. The second kappa shape index (κ2) is 4.68. The van der Waals surface area contributed by atoms with Gasteiger partial charge in [0.1, 0.15) is 5.60 Å². The standard InChI is InChI=1S/C18H19NO4/c1-10(2)11-3-5-12(6-4-11)19-9-18-8-7-13(23-18)14(17(21)22)15(18)16(19)20/h3-8,10,13-15H,9H2,1-2H3,(H,21,22)/p-1/t13-,14-,15-,18-/m1/s1. The maximum Gasteiger partial charge on any atom is 0.234 e. The quantitative estimate of drug-likeness (QED) is 0.776. The Bertz CT molecular complexity index is 708. The molecule has 5 nitrogen and oxygen atoms in total. The molecule has 0 saturated carbocycles. The summed E-state index contributed by atoms with van der Waals surface area (Å²) in [5.41, 5.74) is 1.16. The van der Waals surface area contributed by atoms with Gasteiger partial charge in [0.25, 0.3) is 0 Å². The molecular formula is C18H18NO4-. The van der Waals surface area contributed by atoms with Crippen molar-refractivity contribution in [1.82, 2.24) is 0 Å². The third-order valence-corrected chi connectivity index (χ3v) is 5.24. The number of benzene rings is 1. The third kappa shape index (κ3) is 1.89. The normalized spacial score (nSPS) is 34.5. The minimum atomic E-state index is -1.21. The first kappa shape index (κ1) is 14.5. The molecule has 0 aromatic heterocycles. The molecule has 3 aliphatic rings. The Labute approximate surface area is 134 Å². The lowest BCUT2D eigenvalue weighted by Crippen LogP contribution is -2.45. The van der Waals surface area contributed by atoms with Gasteiger partial charge in [0.2, 0.25) is 5.91 Å². The number of hydrogen-bond acceptors (Lipinski definition) is 4. The van der Waals surface area contributed by atoms with E-state index < -0.39 is 29.5 Å². The van der Waals surface area contributed by atoms with Crippen LogP contribution in [0.1, 0.15) is 25.3 Å². The zero-order chi connectivity index (χ0) is 16.4. The summed E-state index contributed by atoms with van der Waals surface area (Å²) < 4.78 is 5.85. The average Bonchev–Trinajstić information content (AvgIpc) is 3.15. The van der Waals surface area contributed by atoms with Crippen LogP contribution in [0.3, 0.4) is 0 Å². The highest BCUT2D eigenvalue weighted by Gasteiger charge is 2.65. The second-order valence-corrected chi connectivity index (χ2v) is 6.89. The summed E-state index contributed by atoms with van der Waals surface area (Å²) in [7, 11) is 0. The van der Waals surface area contributed by atoms with Crippen LogP contribution >= 0.6 is 0 Å². The summed E-state index contributed by atoms with van der Waals surface area (Å²) in [5, 5.41) is 11.4. The maximum absolute atomic E-state index is 12.8. The van der Waals surface area contributed by atoms with Gasteiger partial charge in [0.15, 0.2) is 0 Å². The zero-order valence-electron chi connectivity index (χ0n) is 13.1. The highest BCUT2D eigenvalue weighted by atomic mass is 16.5. The van der Waals surface area contributed by atoms with Crippen molar-refractivity contribution in [2.24, 2.45) is 11.8 Å². The average molecular weight is 312 g/mol. The first-order valence-electron chi connectivity index (χ1n) is 7.92. The van der Waals surface area contributed by atoms with E-state index in [0.29, 0.717) is 12.5 Å². The fraction of sp³-hybridized carbons (Fsp3) is 0.444. The number of anilines is 1. The lowest BCUT2D eigenvalue weighted by molar-refractivity contribution is -0.313. The van der Waals surface area contributed by atoms with E-state index in [-0.39, 0.29) is 5.91 Å². The molecule has 0 aliphatic carbocycles. The van der Waals surface area contributed by atoms with E-state index in [9.17, 15) is 14.7 Å². The van der Waals surface area contributed by atoms with Crippen LogP contribution in [-0.2, 0) is 14.3 Å². The van der Waals surface area contributed by atoms with Gasteiger partial charge in [-0.25, -0.2) is 0 Å². The smallest absolute Gasteiger partial charge is 0.234 e. The van der Waals surface area contributed by atoms with Crippen LogP contribution in [0.15, 0.2) is 36.4 Å². The Balaban J connectivity index is 1.67. The fourth-order valence-electron chi connectivity index (χ4n) is 4.03. The van der Waals surface area contributed by atoms with Crippen molar-refractivity contribution in [2.45, 2.75) is 31.5 Å². The number of amides is 1. The SMILES string of the molecule is CC(C)c1ccc(N2C[C@@]34C=C[C@@H](O3)[C@@H](C(=O)[O-])[C@@H]4C2=O)cc1. The molecule has 2 bridgehead atoms. The van der Waals surface area contributed by atoms with E-state index in [2.05, 4.69) is 13.8 Å². The molecule has 0 N–H and O–H groups in total. The molecule has 0 unspecified atom stereocenters. The van der Waals surface area contributed by atoms with E-state index in [1.807, 2.05) is 30.3 Å². The summed E-state index contributed by atoms with van der Waals surface area (Å²) in [6.45, 7) is 4.58. The number of carboxylic acid groups (broad SMARTS) is 1. The fourth-order valence-corrected chi connectivity index (χ4v) is 4.03. The molecule has 1 aromatic rings. The van der Waals surface area contributed by atoms with Crippen LogP contribution in [0, 0.1) is 11.8 Å². The molecule has 4 atom stereocenters. The Kier molecular flexibility index (Phi) is 2.94. The topological polar surface area (TPSA) is 69.7 Å². The Morgan fingerprint density at radius 1 is 1.35 bits per heavy atom. The molecule has 120 valence electrons. The van der Waals surface area contributed by atoms with Crippen molar-refractivity contribution in [2.75, 3.05) is 11.4 Å². The number of carbonyl (C=O) groups excluding carboxylic acids is 2. The Morgan fingerprint density at radius 2 is 2.04 bits per heavy atom. The zero-order valence-corrected chi connectivity index (χ0v) is 13.1. The largest absolute Gasteiger partial charge is 0.550 e. The van der Waals surface area contributed by atoms with E-state index in [1.54, 1.807) is 11.0 Å². The van der Waals surface area contributed by atoms with Crippen LogP contribution < -0.4 is 10.0 Å². The predicted octanol–water partition coefficient (Wildman–Crippen LogP) is 0.846. The van der Waals surface area contributed by atoms with Gasteiger partial charge in [0.05, 0.1) is 18.6 Å². The molecule has 23 heavy (non-hydrogen) atoms. The van der Waals surface area contributed by atoms with Crippen molar-refractivity contribution in [1.29, 1.82) is 0 Å². The van der Waals surface area contributed by atoms with Crippen molar-refractivity contribution in [3.05, 3.63) is 42.0 Å². The van der Waals surface area contributed by atoms with E-state index in [0.717, 1.165) is 5.69 Å². The summed E-state index contributed by atoms with van der Waals surface area (Å²) >= 11 is 0. The van der Waals surface area contributed by atoms with Crippen LogP contribution in [0.25, 0.3) is 0 Å². The van der Waals surface area contributed by atoms with Crippen LogP contribution in [0.4, 0.5) is 5.69 Å². The van der Waals surface area contributed by atoms with Crippen LogP contribution in [0.5, 0.6) is 0 Å². The number of fused-ring (bicyclic) bond motifs is 1. The second-order valence-electron chi connectivity index (χ2n) is 6.89. The summed E-state index contributed by atoms with van der Waals surface area (Å²) in [6, 6.07) is 7.83. The van der Waals surface area contributed by atoms with Crippen molar-refractivity contribution >= 4 is 17.6 Å². The Hall–Kier alpha value is -2.14. The van der Waals surface area contributed by atoms with Crippen molar-refractivity contribution in [3.63, 3.8) is 0 Å². The number of carbonyl (C=O) groups is 2. The van der Waals surface area contributed by atoms with Gasteiger partial charge in [-0.15, -0.1) is 0 Å². The molecule has 1 amide bonds. The van der Waals surface area contributed by atoms with Crippen molar-refractivity contribution in [3.8, 4) is 0 Å². The number of carboxylic acids is 1. The molecule has 4 rings (SSSR count). The third-order valence-electron chi connectivity index (χ3n) is 5.24. The lowest BCUT2D eigenvalue weighted by atomic mass is 9.77. The van der Waals surface area contributed by atoms with Gasteiger partial charge in [-0.3, -0.25) is 4.79 Å². The maximum atomic E-state index is 12.8. The van der Waals surface area contributed by atoms with Gasteiger partial charge in [-0.05, 0) is 23.6 Å². The van der Waals surface area contributed by atoms with E-state index >= 15 is 0 Å². The number of nitrogens with zero attached hydrogens (tertiary/aromatic N) is 1. The molecule has 3 aliphatic heterocycles. The first-order chi connectivity index (χ1) is 10.9. The number of hydrogen-bond donors (Lipinski definition) is 0. The predicted molar refractivity (Wildman–Crippen MR) is 81.6 cm³/mol. The molecule has 2 fully saturated rings. The van der Waals surface area contributed by atoms with E-state index in [1.165, 1.54) is 5.56 Å². The van der Waals surface area contributed by atoms with Crippen LogP contribution in [0.2, 0.25) is 0 Å². The molecule has 2 saturated heterocycles. The minimum Gasteiger partial charge on any atom is -0.550 e. The highest BCUT2D eigenvalue weighted by molar-refractivity contribution is 6.02. The van der Waals surface area contributed by atoms with Gasteiger partial charge in [0, 0.05) is 17.6 Å². The summed E-state index contributed by atoms with van der Waals surface area (Å²) in [6.07, 6.45) is 3.05. The minimum absolute atomic E-state index is 0.191. The van der Waals surface area contributed by atoms with Crippen molar-refractivity contribution < 1.29 is 19.4 Å². The molecule has 1 aromatic carbocycles. The molecule has 5 heteroatoms. The number of aliphatic carboxylic acids is 1. The van der Waals surface area contributed by atoms with E-state index in [4.69, 9.17) is 4.74 Å². The van der Waals surface area contributed by atoms with Gasteiger partial charge < -0.3 is 19.5 Å². The Morgan fingerprint density at radius 3 is 2.65 bits per heavy atom. The van der Waals surface area contributed by atoms with Gasteiger partial charge in [-0.2, -0.15) is 0 Å². The van der Waals surface area contributed by atoms with Gasteiger partial charge in [-0.1, -0.05) is 38.1 Å². The summed E-state index contributed by atoms with van der Waals surface area (Å²) in [4.78, 5) is 25.9. The van der Waals surface area contributed by atoms with Gasteiger partial charge >= 0.3 is 0 Å². The highest BCUT2D eigenvalue weighted by Crippen LogP contribution is 2.52. The molecule has 3 heterocycles. The number of ether oxygens (including phenoxy) is 1. The lowest BCUT2D eigenvalue weighted by Gasteiger charge is -2.24. The number of rotatable bonds is 3. The molecule has 0 radical (unpaired) electrons. The monoisotopic (exact) mass is 312 g/mol. The first-order valence-corrected chi connectivity index (χ1v) is 7.92. The molecular weight excluding hydrogens is 294 g/mol. The van der Waals surface area contributed by atoms with Crippen LogP contribution in [-0.4, -0.2) is 30.1 Å².